The van der Waals surface area contributed by atoms with Crippen LogP contribution in [-0.2, 0) is 0 Å². The Balaban J connectivity index is 2.28. The summed E-state index contributed by atoms with van der Waals surface area (Å²) in [5.74, 6) is -0.00154. The third-order valence-electron chi connectivity index (χ3n) is 3.04. The first-order chi connectivity index (χ1) is 9.56. The van der Waals surface area contributed by atoms with E-state index in [2.05, 4.69) is 32.6 Å². The second-order valence-electron chi connectivity index (χ2n) is 4.44. The van der Waals surface area contributed by atoms with E-state index >= 15 is 0 Å². The average Bonchev–Trinajstić information content (AvgIpc) is 2.42. The van der Waals surface area contributed by atoms with Gasteiger partial charge in [-0.3, -0.25) is 0 Å². The number of aromatic nitrogens is 2. The Morgan fingerprint density at radius 1 is 1.15 bits per heavy atom. The standard InChI is InChI=1S/C15H9ClFIN2/c1-8-3-2-4-10(13(8)17)15-19-12-6-5-9(18)7-11(12)14(16)20-15/h2-7H,1H3. The Hall–Kier alpha value is -1.27. The molecular formula is C15H9ClFIN2. The highest BCUT2D eigenvalue weighted by Crippen LogP contribution is 2.28. The molecule has 0 spiro atoms. The normalized spacial score (nSPS) is 11.0. The summed E-state index contributed by atoms with van der Waals surface area (Å²) in [5.41, 5.74) is 1.64. The average molecular weight is 399 g/mol. The van der Waals surface area contributed by atoms with Crippen LogP contribution < -0.4 is 0 Å². The zero-order valence-electron chi connectivity index (χ0n) is 10.5. The maximum Gasteiger partial charge on any atom is 0.164 e. The Morgan fingerprint density at radius 3 is 2.75 bits per heavy atom. The van der Waals surface area contributed by atoms with Crippen molar-refractivity contribution in [1.82, 2.24) is 9.97 Å². The van der Waals surface area contributed by atoms with E-state index in [-0.39, 0.29) is 5.82 Å². The minimum Gasteiger partial charge on any atom is -0.228 e. The summed E-state index contributed by atoms with van der Waals surface area (Å²) >= 11 is 8.40. The van der Waals surface area contributed by atoms with Crippen LogP contribution in [0.3, 0.4) is 0 Å². The Labute approximate surface area is 134 Å². The van der Waals surface area contributed by atoms with Crippen molar-refractivity contribution in [1.29, 1.82) is 0 Å². The first-order valence-corrected chi connectivity index (χ1v) is 7.40. The molecule has 0 saturated carbocycles. The van der Waals surface area contributed by atoms with Crippen LogP contribution in [0.1, 0.15) is 5.56 Å². The summed E-state index contributed by atoms with van der Waals surface area (Å²) in [7, 11) is 0. The predicted octanol–water partition coefficient (Wildman–Crippen LogP) is 5.00. The van der Waals surface area contributed by atoms with Gasteiger partial charge in [0.1, 0.15) is 11.0 Å². The molecule has 3 aromatic rings. The van der Waals surface area contributed by atoms with Crippen molar-refractivity contribution in [3.8, 4) is 11.4 Å². The zero-order valence-corrected chi connectivity index (χ0v) is 13.4. The van der Waals surface area contributed by atoms with Crippen molar-refractivity contribution in [2.45, 2.75) is 6.92 Å². The molecule has 100 valence electrons. The van der Waals surface area contributed by atoms with Gasteiger partial charge in [0.2, 0.25) is 0 Å². The largest absolute Gasteiger partial charge is 0.228 e. The van der Waals surface area contributed by atoms with Gasteiger partial charge in [0.15, 0.2) is 5.82 Å². The number of halogens is 3. The van der Waals surface area contributed by atoms with Gasteiger partial charge < -0.3 is 0 Å². The fraction of sp³-hybridized carbons (Fsp3) is 0.0667. The van der Waals surface area contributed by atoms with Crippen LogP contribution in [0.5, 0.6) is 0 Å². The minimum atomic E-state index is -0.312. The van der Waals surface area contributed by atoms with Crippen molar-refractivity contribution in [2.75, 3.05) is 0 Å². The molecular weight excluding hydrogens is 390 g/mol. The number of aryl methyl sites for hydroxylation is 1. The first-order valence-electron chi connectivity index (χ1n) is 5.94. The molecule has 0 bridgehead atoms. The molecule has 2 aromatic carbocycles. The van der Waals surface area contributed by atoms with Crippen LogP contribution in [0.2, 0.25) is 5.15 Å². The molecule has 0 amide bonds. The third-order valence-corrected chi connectivity index (χ3v) is 4.00. The molecule has 1 heterocycles. The Morgan fingerprint density at radius 2 is 1.95 bits per heavy atom. The molecule has 0 aliphatic rings. The zero-order chi connectivity index (χ0) is 14.3. The van der Waals surface area contributed by atoms with Gasteiger partial charge >= 0.3 is 0 Å². The summed E-state index contributed by atoms with van der Waals surface area (Å²) in [6.07, 6.45) is 0. The molecule has 5 heteroatoms. The van der Waals surface area contributed by atoms with Gasteiger partial charge in [0, 0.05) is 8.96 Å². The topological polar surface area (TPSA) is 25.8 Å². The summed E-state index contributed by atoms with van der Waals surface area (Å²) in [5, 5.41) is 1.11. The van der Waals surface area contributed by atoms with Gasteiger partial charge in [-0.05, 0) is 59.3 Å². The molecule has 2 nitrogen and oxygen atoms in total. The van der Waals surface area contributed by atoms with Gasteiger partial charge in [-0.1, -0.05) is 23.7 Å². The second kappa shape index (κ2) is 5.26. The minimum absolute atomic E-state index is 0.310. The van der Waals surface area contributed by atoms with E-state index in [4.69, 9.17) is 11.6 Å². The number of nitrogens with zero attached hydrogens (tertiary/aromatic N) is 2. The van der Waals surface area contributed by atoms with E-state index in [1.165, 1.54) is 0 Å². The molecule has 0 aliphatic heterocycles. The van der Waals surface area contributed by atoms with E-state index in [1.54, 1.807) is 25.1 Å². The van der Waals surface area contributed by atoms with Crippen molar-refractivity contribution in [3.63, 3.8) is 0 Å². The van der Waals surface area contributed by atoms with Crippen LogP contribution in [0.25, 0.3) is 22.3 Å². The number of hydrogen-bond donors (Lipinski definition) is 0. The van der Waals surface area contributed by atoms with E-state index in [9.17, 15) is 4.39 Å². The van der Waals surface area contributed by atoms with Crippen molar-refractivity contribution in [3.05, 3.63) is 56.5 Å². The molecule has 20 heavy (non-hydrogen) atoms. The maximum absolute atomic E-state index is 14.2. The highest BCUT2D eigenvalue weighted by Gasteiger charge is 2.13. The molecule has 3 rings (SSSR count). The van der Waals surface area contributed by atoms with Gasteiger partial charge in [-0.2, -0.15) is 0 Å². The lowest BCUT2D eigenvalue weighted by Crippen LogP contribution is -1.96. The molecule has 0 fully saturated rings. The van der Waals surface area contributed by atoms with E-state index < -0.39 is 0 Å². The van der Waals surface area contributed by atoms with Crippen LogP contribution in [0, 0.1) is 16.3 Å². The lowest BCUT2D eigenvalue weighted by Gasteiger charge is -2.07. The van der Waals surface area contributed by atoms with E-state index in [0.717, 1.165) is 8.96 Å². The predicted molar refractivity (Wildman–Crippen MR) is 87.4 cm³/mol. The third kappa shape index (κ3) is 2.38. The molecule has 0 atom stereocenters. The lowest BCUT2D eigenvalue weighted by atomic mass is 10.1. The van der Waals surface area contributed by atoms with Crippen molar-refractivity contribution >= 4 is 45.1 Å². The summed E-state index contributed by atoms with van der Waals surface area (Å²) in [6.45, 7) is 1.71. The van der Waals surface area contributed by atoms with Crippen LogP contribution in [0.15, 0.2) is 36.4 Å². The quantitative estimate of drug-likeness (QED) is 0.426. The molecule has 0 N–H and O–H groups in total. The lowest BCUT2D eigenvalue weighted by molar-refractivity contribution is 0.621. The number of hydrogen-bond acceptors (Lipinski definition) is 2. The monoisotopic (exact) mass is 398 g/mol. The summed E-state index contributed by atoms with van der Waals surface area (Å²) < 4.78 is 15.2. The number of rotatable bonds is 1. The first kappa shape index (κ1) is 13.7. The van der Waals surface area contributed by atoms with Crippen LogP contribution in [0.4, 0.5) is 4.39 Å². The Kier molecular flexibility index (Phi) is 3.60. The van der Waals surface area contributed by atoms with Gasteiger partial charge in [-0.15, -0.1) is 0 Å². The maximum atomic E-state index is 14.2. The summed E-state index contributed by atoms with van der Waals surface area (Å²) in [6, 6.07) is 10.9. The molecule has 1 aromatic heterocycles. The smallest absolute Gasteiger partial charge is 0.164 e. The number of fused-ring (bicyclic) bond motifs is 1. The SMILES string of the molecule is Cc1cccc(-c2nc(Cl)c3cc(I)ccc3n2)c1F. The molecule has 0 unspecified atom stereocenters. The van der Waals surface area contributed by atoms with Gasteiger partial charge in [0.25, 0.3) is 0 Å². The van der Waals surface area contributed by atoms with E-state index in [0.29, 0.717) is 27.6 Å². The van der Waals surface area contributed by atoms with Crippen LogP contribution >= 0.6 is 34.2 Å². The number of benzene rings is 2. The van der Waals surface area contributed by atoms with Gasteiger partial charge in [-0.25, -0.2) is 14.4 Å². The molecule has 0 aliphatic carbocycles. The van der Waals surface area contributed by atoms with E-state index in [1.807, 2.05) is 18.2 Å². The fourth-order valence-electron chi connectivity index (χ4n) is 2.00. The molecule has 0 radical (unpaired) electrons. The summed E-state index contributed by atoms with van der Waals surface area (Å²) in [4.78, 5) is 8.64. The van der Waals surface area contributed by atoms with Crippen LogP contribution in [-0.4, -0.2) is 9.97 Å². The van der Waals surface area contributed by atoms with Gasteiger partial charge in [0.05, 0.1) is 11.1 Å². The highest BCUT2D eigenvalue weighted by atomic mass is 127. The fourth-order valence-corrected chi connectivity index (χ4v) is 2.73. The Bertz CT molecular complexity index is 820. The second-order valence-corrected chi connectivity index (χ2v) is 6.04. The van der Waals surface area contributed by atoms with Crippen molar-refractivity contribution in [2.24, 2.45) is 0 Å². The van der Waals surface area contributed by atoms with Crippen molar-refractivity contribution < 1.29 is 4.39 Å². The highest BCUT2D eigenvalue weighted by molar-refractivity contribution is 14.1. The molecule has 0 saturated heterocycles.